The first-order chi connectivity index (χ1) is 11.1. The summed E-state index contributed by atoms with van der Waals surface area (Å²) in [4.78, 5) is 3.39. The molecule has 0 saturated carbocycles. The molecule has 1 aromatic heterocycles. The Morgan fingerprint density at radius 3 is 2.87 bits per heavy atom. The van der Waals surface area contributed by atoms with Crippen LogP contribution in [0.3, 0.4) is 0 Å². The molecule has 4 heteroatoms. The lowest BCUT2D eigenvalue weighted by Gasteiger charge is -2.22. The number of β-amino-alcohol motifs (C(OH)–C–C–N with tert-alkyl or cyclic N) is 1. The van der Waals surface area contributed by atoms with Crippen molar-refractivity contribution in [1.82, 2.24) is 0 Å². The minimum atomic E-state index is -0.889. The van der Waals surface area contributed by atoms with Crippen molar-refractivity contribution < 1.29 is 9.68 Å². The number of hydrogen-bond acceptors (Lipinski definition) is 3. The largest absolute Gasteiger partial charge is 0.346 e. The lowest BCUT2D eigenvalue weighted by Crippen LogP contribution is -2.40. The second kappa shape index (κ2) is 5.46. The van der Waals surface area contributed by atoms with Crippen molar-refractivity contribution in [2.75, 3.05) is 18.0 Å². The Labute approximate surface area is 141 Å². The molecule has 1 aromatic carbocycles. The first kappa shape index (κ1) is 14.9. The molecule has 0 fully saturated rings. The Bertz CT molecular complexity index is 766. The summed E-state index contributed by atoms with van der Waals surface area (Å²) in [6, 6.07) is 10.7. The first-order valence-corrected chi connectivity index (χ1v) is 9.22. The molecule has 0 unspecified atom stereocenters. The van der Waals surface area contributed by atoms with Crippen molar-refractivity contribution in [3.8, 4) is 0 Å². The van der Waals surface area contributed by atoms with E-state index in [4.69, 9.17) is 0 Å². The summed E-state index contributed by atoms with van der Waals surface area (Å²) in [5.41, 5.74) is 2.88. The van der Waals surface area contributed by atoms with Crippen LogP contribution in [-0.2, 0) is 5.72 Å². The van der Waals surface area contributed by atoms with Crippen molar-refractivity contribution in [1.29, 1.82) is 0 Å². The van der Waals surface area contributed by atoms with Gasteiger partial charge in [0.05, 0.1) is 11.4 Å². The van der Waals surface area contributed by atoms with E-state index in [0.717, 1.165) is 24.3 Å². The Morgan fingerprint density at radius 2 is 2.09 bits per heavy atom. The average Bonchev–Trinajstić information content (AvgIpc) is 3.18. The third-order valence-electron chi connectivity index (χ3n) is 5.05. The molecule has 0 aliphatic carbocycles. The molecule has 3 heterocycles. The summed E-state index contributed by atoms with van der Waals surface area (Å²) in [6.07, 6.45) is 3.40. The molecule has 23 heavy (non-hydrogen) atoms. The average molecular weight is 327 g/mol. The highest BCUT2D eigenvalue weighted by molar-refractivity contribution is 7.10. The minimum absolute atomic E-state index is 0.618. The predicted octanol–water partition coefficient (Wildman–Crippen LogP) is 3.63. The van der Waals surface area contributed by atoms with Crippen LogP contribution in [0.25, 0.3) is 0 Å². The topological polar surface area (TPSA) is 26.5 Å². The SMILES string of the molecule is Cc1ccc(C)c(N2C[C@@](O)(c3cccs3)[N+]3=C2CCCC3)c1. The third kappa shape index (κ3) is 2.32. The summed E-state index contributed by atoms with van der Waals surface area (Å²) in [5.74, 6) is 1.28. The van der Waals surface area contributed by atoms with Gasteiger partial charge in [0.1, 0.15) is 5.69 Å². The molecular weight excluding hydrogens is 304 g/mol. The van der Waals surface area contributed by atoms with Crippen molar-refractivity contribution in [3.05, 3.63) is 51.7 Å². The van der Waals surface area contributed by atoms with Crippen LogP contribution in [-0.4, -0.2) is 28.6 Å². The van der Waals surface area contributed by atoms with Gasteiger partial charge in [-0.25, -0.2) is 9.48 Å². The molecule has 2 aromatic rings. The maximum atomic E-state index is 11.5. The van der Waals surface area contributed by atoms with Gasteiger partial charge in [0.15, 0.2) is 6.54 Å². The summed E-state index contributed by atoms with van der Waals surface area (Å²) in [7, 11) is 0. The molecule has 2 aliphatic heterocycles. The zero-order valence-electron chi connectivity index (χ0n) is 13.7. The molecule has 3 nitrogen and oxygen atoms in total. The monoisotopic (exact) mass is 327 g/mol. The number of amidine groups is 1. The van der Waals surface area contributed by atoms with Crippen molar-refractivity contribution in [3.63, 3.8) is 0 Å². The van der Waals surface area contributed by atoms with E-state index < -0.39 is 5.72 Å². The molecule has 1 atom stereocenters. The Kier molecular flexibility index (Phi) is 3.54. The van der Waals surface area contributed by atoms with Crippen LogP contribution in [0.5, 0.6) is 0 Å². The number of anilines is 1. The van der Waals surface area contributed by atoms with Crippen molar-refractivity contribution >= 4 is 22.9 Å². The highest BCUT2D eigenvalue weighted by Gasteiger charge is 2.53. The lowest BCUT2D eigenvalue weighted by molar-refractivity contribution is -0.660. The first-order valence-electron chi connectivity index (χ1n) is 8.34. The Morgan fingerprint density at radius 1 is 1.22 bits per heavy atom. The van der Waals surface area contributed by atoms with Crippen LogP contribution < -0.4 is 4.90 Å². The molecule has 0 saturated heterocycles. The molecule has 0 spiro atoms. The van der Waals surface area contributed by atoms with Gasteiger partial charge in [-0.15, -0.1) is 11.3 Å². The summed E-state index contributed by atoms with van der Waals surface area (Å²) in [6.45, 7) is 5.84. The molecular formula is C19H23N2OS+. The highest BCUT2D eigenvalue weighted by Crippen LogP contribution is 2.38. The number of hydrogen-bond donors (Lipinski definition) is 1. The third-order valence-corrected chi connectivity index (χ3v) is 6.06. The fourth-order valence-corrected chi connectivity index (χ4v) is 4.67. The van der Waals surface area contributed by atoms with Crippen LogP contribution in [0, 0.1) is 13.8 Å². The van der Waals surface area contributed by atoms with Crippen molar-refractivity contribution in [2.45, 2.75) is 38.8 Å². The van der Waals surface area contributed by atoms with E-state index in [2.05, 4.69) is 53.0 Å². The van der Waals surface area contributed by atoms with Gasteiger partial charge in [-0.2, -0.15) is 0 Å². The second-order valence-electron chi connectivity index (χ2n) is 6.69. The molecule has 1 N–H and O–H groups in total. The molecule has 0 bridgehead atoms. The van der Waals surface area contributed by atoms with E-state index in [1.54, 1.807) is 11.3 Å². The normalized spacial score (nSPS) is 24.2. The summed E-state index contributed by atoms with van der Waals surface area (Å²) in [5, 5.41) is 13.6. The van der Waals surface area contributed by atoms with Gasteiger partial charge in [0.2, 0.25) is 0 Å². The van der Waals surface area contributed by atoms with Gasteiger partial charge in [-0.3, -0.25) is 0 Å². The number of nitrogens with zero attached hydrogens (tertiary/aromatic N) is 2. The molecule has 4 rings (SSSR count). The molecule has 120 valence electrons. The van der Waals surface area contributed by atoms with Crippen molar-refractivity contribution in [2.24, 2.45) is 0 Å². The fraction of sp³-hybridized carbons (Fsp3) is 0.421. The number of rotatable bonds is 2. The van der Waals surface area contributed by atoms with Gasteiger partial charge < -0.3 is 5.11 Å². The number of thiophene rings is 1. The summed E-state index contributed by atoms with van der Waals surface area (Å²) < 4.78 is 2.24. The molecule has 0 radical (unpaired) electrons. The van der Waals surface area contributed by atoms with E-state index >= 15 is 0 Å². The number of benzene rings is 1. The van der Waals surface area contributed by atoms with E-state index in [-0.39, 0.29) is 0 Å². The van der Waals surface area contributed by atoms with Crippen LogP contribution in [0.4, 0.5) is 5.69 Å². The van der Waals surface area contributed by atoms with Crippen LogP contribution in [0.2, 0.25) is 0 Å². The van der Waals surface area contributed by atoms with Gasteiger partial charge in [-0.05, 0) is 55.3 Å². The minimum Gasteiger partial charge on any atom is -0.346 e. The van der Waals surface area contributed by atoms with Crippen LogP contribution >= 0.6 is 11.3 Å². The highest BCUT2D eigenvalue weighted by atomic mass is 32.1. The quantitative estimate of drug-likeness (QED) is 0.853. The Hall–Kier alpha value is -1.65. The van der Waals surface area contributed by atoms with Crippen LogP contribution in [0.1, 0.15) is 35.3 Å². The van der Waals surface area contributed by atoms with Gasteiger partial charge in [0.25, 0.3) is 11.6 Å². The van der Waals surface area contributed by atoms with Crippen LogP contribution in [0.15, 0.2) is 35.7 Å². The molecule has 0 amide bonds. The number of aliphatic hydroxyl groups is 1. The van der Waals surface area contributed by atoms with E-state index in [1.807, 2.05) is 6.07 Å². The van der Waals surface area contributed by atoms with E-state index in [9.17, 15) is 5.11 Å². The van der Waals surface area contributed by atoms with Gasteiger partial charge in [0, 0.05) is 6.42 Å². The smallest absolute Gasteiger partial charge is 0.280 e. The predicted molar refractivity (Wildman–Crippen MR) is 95.5 cm³/mol. The maximum Gasteiger partial charge on any atom is 0.280 e. The number of aryl methyl sites for hydroxylation is 2. The fourth-order valence-electron chi connectivity index (χ4n) is 3.85. The lowest BCUT2D eigenvalue weighted by atomic mass is 10.1. The Balaban J connectivity index is 1.84. The van der Waals surface area contributed by atoms with E-state index in [0.29, 0.717) is 6.54 Å². The van der Waals surface area contributed by atoms with E-state index in [1.165, 1.54) is 29.1 Å². The van der Waals surface area contributed by atoms with Gasteiger partial charge >= 0.3 is 0 Å². The molecule has 2 aliphatic rings. The standard InChI is InChI=1S/C19H23N2OS/c1-14-8-9-15(2)16(12-14)20-13-19(22,17-6-5-11-23-17)21-10-4-3-7-18(20)21/h5-6,8-9,11-12,22H,3-4,7,10,13H2,1-2H3/q+1/t19-/m1/s1. The summed E-state index contributed by atoms with van der Waals surface area (Å²) >= 11 is 1.65. The second-order valence-corrected chi connectivity index (χ2v) is 7.64. The maximum absolute atomic E-state index is 11.5. The zero-order chi connectivity index (χ0) is 16.0. The zero-order valence-corrected chi connectivity index (χ0v) is 14.6. The van der Waals surface area contributed by atoms with Gasteiger partial charge in [-0.1, -0.05) is 18.2 Å².